The first-order valence-corrected chi connectivity index (χ1v) is 6.39. The van der Waals surface area contributed by atoms with Crippen LogP contribution in [0.1, 0.15) is 22.9 Å². The molecule has 0 fully saturated rings. The van der Waals surface area contributed by atoms with Gasteiger partial charge in [0.15, 0.2) is 0 Å². The summed E-state index contributed by atoms with van der Waals surface area (Å²) in [5.41, 5.74) is 3.13. The Morgan fingerprint density at radius 2 is 2.16 bits per heavy atom. The van der Waals surface area contributed by atoms with E-state index in [4.69, 9.17) is 0 Å². The molecule has 1 aliphatic rings. The Morgan fingerprint density at radius 3 is 2.95 bits per heavy atom. The molecule has 1 aliphatic heterocycles. The highest BCUT2D eigenvalue weighted by Crippen LogP contribution is 2.20. The molecule has 2 N–H and O–H groups in total. The van der Waals surface area contributed by atoms with Gasteiger partial charge in [0.25, 0.3) is 0 Å². The van der Waals surface area contributed by atoms with Crippen LogP contribution in [0.25, 0.3) is 0 Å². The van der Waals surface area contributed by atoms with Gasteiger partial charge in [-0.3, -0.25) is 10.00 Å². The topological polar surface area (TPSA) is 52.1 Å². The number of aliphatic hydroxyl groups excluding tert-OH is 1. The third kappa shape index (κ3) is 2.67. The fraction of sp³-hybridized carbons (Fsp3) is 0.357. The quantitative estimate of drug-likeness (QED) is 0.883. The van der Waals surface area contributed by atoms with Crippen LogP contribution in [-0.2, 0) is 13.0 Å². The highest BCUT2D eigenvalue weighted by molar-refractivity contribution is 5.21. The fourth-order valence-corrected chi connectivity index (χ4v) is 2.47. The van der Waals surface area contributed by atoms with E-state index < -0.39 is 6.10 Å². The first-order valence-electron chi connectivity index (χ1n) is 6.39. The molecule has 0 saturated carbocycles. The zero-order valence-corrected chi connectivity index (χ0v) is 10.5. The zero-order valence-electron chi connectivity index (χ0n) is 10.5. The number of aliphatic hydroxyl groups is 1. The number of fused-ring (bicyclic) bond motifs is 1. The fourth-order valence-electron chi connectivity index (χ4n) is 2.47. The molecule has 2 heterocycles. The van der Waals surface area contributed by atoms with Gasteiger partial charge in [0.05, 0.1) is 12.3 Å². The van der Waals surface area contributed by atoms with Gasteiger partial charge < -0.3 is 5.11 Å². The maximum absolute atomic E-state index is 12.8. The van der Waals surface area contributed by atoms with Crippen LogP contribution in [0, 0.1) is 5.82 Å². The van der Waals surface area contributed by atoms with E-state index in [2.05, 4.69) is 15.1 Å². The van der Waals surface area contributed by atoms with E-state index in [9.17, 15) is 9.50 Å². The summed E-state index contributed by atoms with van der Waals surface area (Å²) in [5, 5.41) is 17.2. The van der Waals surface area contributed by atoms with E-state index in [0.717, 1.165) is 25.1 Å². The van der Waals surface area contributed by atoms with Crippen molar-refractivity contribution >= 4 is 0 Å². The van der Waals surface area contributed by atoms with E-state index in [1.807, 2.05) is 6.20 Å². The molecule has 19 heavy (non-hydrogen) atoms. The van der Waals surface area contributed by atoms with Gasteiger partial charge in [0.2, 0.25) is 0 Å². The van der Waals surface area contributed by atoms with Crippen molar-refractivity contribution in [2.45, 2.75) is 19.1 Å². The third-order valence-corrected chi connectivity index (χ3v) is 3.57. The SMILES string of the molecule is OC(CN1CCc2[nH]ncc2C1)c1ccc(F)cc1. The van der Waals surface area contributed by atoms with Crippen LogP contribution in [0.15, 0.2) is 30.5 Å². The molecule has 0 amide bonds. The number of H-pyrrole nitrogens is 1. The number of hydrogen-bond acceptors (Lipinski definition) is 3. The molecule has 0 bridgehead atoms. The minimum atomic E-state index is -0.589. The average molecular weight is 261 g/mol. The first-order chi connectivity index (χ1) is 9.22. The number of β-amino-alcohol motifs (C(OH)–C–C–N with tert-alkyl or cyclic N) is 1. The summed E-state index contributed by atoms with van der Waals surface area (Å²) in [5.74, 6) is -0.281. The smallest absolute Gasteiger partial charge is 0.123 e. The monoisotopic (exact) mass is 261 g/mol. The lowest BCUT2D eigenvalue weighted by Gasteiger charge is -2.28. The molecule has 0 radical (unpaired) electrons. The van der Waals surface area contributed by atoms with Crippen molar-refractivity contribution in [3.05, 3.63) is 53.1 Å². The number of nitrogens with one attached hydrogen (secondary N) is 1. The van der Waals surface area contributed by atoms with Gasteiger partial charge in [0.1, 0.15) is 5.82 Å². The number of nitrogens with zero attached hydrogens (tertiary/aromatic N) is 2. The molecule has 5 heteroatoms. The largest absolute Gasteiger partial charge is 0.387 e. The molecule has 0 aliphatic carbocycles. The minimum Gasteiger partial charge on any atom is -0.387 e. The normalized spacial score (nSPS) is 17.2. The van der Waals surface area contributed by atoms with Crippen LogP contribution in [0.4, 0.5) is 4.39 Å². The van der Waals surface area contributed by atoms with Crippen molar-refractivity contribution in [1.82, 2.24) is 15.1 Å². The number of aromatic amines is 1. The summed E-state index contributed by atoms with van der Waals surface area (Å²) in [6.45, 7) is 2.24. The van der Waals surface area contributed by atoms with Crippen LogP contribution in [0.3, 0.4) is 0 Å². The molecule has 1 aromatic carbocycles. The Kier molecular flexibility index (Phi) is 3.31. The molecule has 3 rings (SSSR count). The highest BCUT2D eigenvalue weighted by Gasteiger charge is 2.20. The van der Waals surface area contributed by atoms with E-state index in [0.29, 0.717) is 6.54 Å². The van der Waals surface area contributed by atoms with Gasteiger partial charge in [-0.15, -0.1) is 0 Å². The van der Waals surface area contributed by atoms with E-state index in [1.54, 1.807) is 12.1 Å². The van der Waals surface area contributed by atoms with Gasteiger partial charge in [-0.2, -0.15) is 5.10 Å². The predicted molar refractivity (Wildman–Crippen MR) is 68.9 cm³/mol. The third-order valence-electron chi connectivity index (χ3n) is 3.57. The van der Waals surface area contributed by atoms with Crippen molar-refractivity contribution < 1.29 is 9.50 Å². The van der Waals surface area contributed by atoms with Crippen molar-refractivity contribution in [2.24, 2.45) is 0 Å². The number of benzene rings is 1. The second kappa shape index (κ2) is 5.11. The molecule has 1 atom stereocenters. The van der Waals surface area contributed by atoms with Crippen molar-refractivity contribution in [3.63, 3.8) is 0 Å². The average Bonchev–Trinajstić information content (AvgIpc) is 2.87. The van der Waals surface area contributed by atoms with E-state index >= 15 is 0 Å². The number of hydrogen-bond donors (Lipinski definition) is 2. The van der Waals surface area contributed by atoms with Crippen LogP contribution < -0.4 is 0 Å². The molecule has 1 unspecified atom stereocenters. The lowest BCUT2D eigenvalue weighted by Crippen LogP contribution is -2.33. The predicted octanol–water partition coefficient (Wildman–Crippen LogP) is 1.64. The molecular formula is C14H16FN3O. The summed E-state index contributed by atoms with van der Waals surface area (Å²) in [4.78, 5) is 2.19. The maximum Gasteiger partial charge on any atom is 0.123 e. The van der Waals surface area contributed by atoms with Crippen molar-refractivity contribution in [3.8, 4) is 0 Å². The van der Waals surface area contributed by atoms with E-state index in [1.165, 1.54) is 23.4 Å². The number of halogens is 1. The molecule has 4 nitrogen and oxygen atoms in total. The van der Waals surface area contributed by atoms with Crippen LogP contribution >= 0.6 is 0 Å². The standard InChI is InChI=1S/C14H16FN3O/c15-12-3-1-10(2-4-12)14(19)9-18-6-5-13-11(8-18)7-16-17-13/h1-4,7,14,19H,5-6,8-9H2,(H,16,17). The van der Waals surface area contributed by atoms with Crippen LogP contribution in [-0.4, -0.2) is 33.3 Å². The van der Waals surface area contributed by atoms with Crippen LogP contribution in [0.2, 0.25) is 0 Å². The summed E-state index contributed by atoms with van der Waals surface area (Å²) in [6, 6.07) is 6.02. The molecule has 0 saturated heterocycles. The van der Waals surface area contributed by atoms with Gasteiger partial charge in [0, 0.05) is 37.3 Å². The minimum absolute atomic E-state index is 0.281. The second-order valence-corrected chi connectivity index (χ2v) is 4.93. The summed E-state index contributed by atoms with van der Waals surface area (Å²) < 4.78 is 12.8. The lowest BCUT2D eigenvalue weighted by molar-refractivity contribution is 0.106. The van der Waals surface area contributed by atoms with Gasteiger partial charge in [-0.25, -0.2) is 4.39 Å². The van der Waals surface area contributed by atoms with Crippen LogP contribution in [0.5, 0.6) is 0 Å². The lowest BCUT2D eigenvalue weighted by atomic mass is 10.1. The van der Waals surface area contributed by atoms with Crippen molar-refractivity contribution in [1.29, 1.82) is 0 Å². The van der Waals surface area contributed by atoms with Gasteiger partial charge in [-0.05, 0) is 17.7 Å². The first kappa shape index (κ1) is 12.3. The molecular weight excluding hydrogens is 245 g/mol. The Morgan fingerprint density at radius 1 is 1.37 bits per heavy atom. The Hall–Kier alpha value is -1.72. The highest BCUT2D eigenvalue weighted by atomic mass is 19.1. The maximum atomic E-state index is 12.8. The molecule has 0 spiro atoms. The number of aromatic nitrogens is 2. The molecule has 2 aromatic rings. The molecule has 1 aromatic heterocycles. The summed E-state index contributed by atoms with van der Waals surface area (Å²) in [6.07, 6.45) is 2.17. The Labute approximate surface area is 110 Å². The Bertz CT molecular complexity index is 552. The zero-order chi connectivity index (χ0) is 13.2. The summed E-state index contributed by atoms with van der Waals surface area (Å²) >= 11 is 0. The summed E-state index contributed by atoms with van der Waals surface area (Å²) in [7, 11) is 0. The second-order valence-electron chi connectivity index (χ2n) is 4.93. The molecule has 100 valence electrons. The Balaban J connectivity index is 1.64. The number of rotatable bonds is 3. The van der Waals surface area contributed by atoms with E-state index in [-0.39, 0.29) is 5.82 Å². The van der Waals surface area contributed by atoms with Gasteiger partial charge in [-0.1, -0.05) is 12.1 Å². The van der Waals surface area contributed by atoms with Crippen molar-refractivity contribution in [2.75, 3.05) is 13.1 Å². The van der Waals surface area contributed by atoms with Gasteiger partial charge >= 0.3 is 0 Å².